The number of aliphatic hydroxyl groups excluding tert-OH is 1. The van der Waals surface area contributed by atoms with Crippen LogP contribution in [0.1, 0.15) is 5.56 Å². The van der Waals surface area contributed by atoms with E-state index in [-0.39, 0.29) is 22.9 Å². The van der Waals surface area contributed by atoms with Gasteiger partial charge < -0.3 is 15.2 Å². The first-order valence-corrected chi connectivity index (χ1v) is 5.46. The van der Waals surface area contributed by atoms with Crippen LogP contribution in [0.2, 0.25) is 0 Å². The van der Waals surface area contributed by atoms with E-state index < -0.39 is 5.97 Å². The first-order chi connectivity index (χ1) is 8.08. The minimum absolute atomic E-state index is 0.0431. The van der Waals surface area contributed by atoms with Crippen LogP contribution >= 0.6 is 12.2 Å². The molecule has 4 nitrogen and oxygen atoms in total. The van der Waals surface area contributed by atoms with Crippen LogP contribution < -0.4 is 5.32 Å². The topological polar surface area (TPSA) is 58.6 Å². The quantitative estimate of drug-likeness (QED) is 0.621. The number of hydrogen-bond donors (Lipinski definition) is 2. The van der Waals surface area contributed by atoms with E-state index in [4.69, 9.17) is 12.2 Å². The summed E-state index contributed by atoms with van der Waals surface area (Å²) in [6, 6.07) is 7.55. The number of rotatable bonds is 2. The third kappa shape index (κ3) is 2.45. The molecule has 0 unspecified atom stereocenters. The number of hydrogen-bond acceptors (Lipinski definition) is 4. The molecule has 0 fully saturated rings. The van der Waals surface area contributed by atoms with Crippen molar-refractivity contribution < 1.29 is 14.6 Å². The van der Waals surface area contributed by atoms with Crippen molar-refractivity contribution in [3.05, 3.63) is 41.2 Å². The molecule has 0 radical (unpaired) electrons. The summed E-state index contributed by atoms with van der Waals surface area (Å²) in [4.78, 5) is 11.5. The number of esters is 1. The summed E-state index contributed by atoms with van der Waals surface area (Å²) < 4.78 is 4.67. The Morgan fingerprint density at radius 3 is 2.88 bits per heavy atom. The largest absolute Gasteiger partial charge is 0.508 e. The number of benzene rings is 1. The second-order valence-corrected chi connectivity index (χ2v) is 4.13. The number of aryl methyl sites for hydroxylation is 1. The Labute approximate surface area is 104 Å². The molecule has 0 bridgehead atoms. The van der Waals surface area contributed by atoms with Crippen molar-refractivity contribution in [2.24, 2.45) is 0 Å². The number of ether oxygens (including phenoxy) is 1. The Morgan fingerprint density at radius 1 is 1.53 bits per heavy atom. The highest BCUT2D eigenvalue weighted by atomic mass is 32.1. The molecule has 88 valence electrons. The second-order valence-electron chi connectivity index (χ2n) is 3.72. The lowest BCUT2D eigenvalue weighted by molar-refractivity contribution is -0.135. The molecular weight excluding hydrogens is 238 g/mol. The number of anilines is 1. The number of carbonyl (C=O) groups excluding carboxylic acids is 1. The van der Waals surface area contributed by atoms with E-state index in [1.165, 1.54) is 0 Å². The molecule has 1 aliphatic heterocycles. The summed E-state index contributed by atoms with van der Waals surface area (Å²) in [6.07, 6.45) is 0. The summed E-state index contributed by atoms with van der Waals surface area (Å²) >= 11 is 5.06. The van der Waals surface area contributed by atoms with Gasteiger partial charge in [-0.3, -0.25) is 0 Å². The van der Waals surface area contributed by atoms with E-state index >= 15 is 0 Å². The summed E-state index contributed by atoms with van der Waals surface area (Å²) in [6.45, 7) is 1.85. The zero-order valence-electron chi connectivity index (χ0n) is 9.19. The molecule has 1 aromatic carbocycles. The number of cyclic esters (lactones) is 1. The van der Waals surface area contributed by atoms with Crippen LogP contribution in [0, 0.1) is 6.92 Å². The number of carbonyl (C=O) groups is 1. The van der Waals surface area contributed by atoms with Crippen molar-refractivity contribution in [2.75, 3.05) is 11.9 Å². The van der Waals surface area contributed by atoms with Crippen molar-refractivity contribution in [3.8, 4) is 0 Å². The van der Waals surface area contributed by atoms with Gasteiger partial charge in [-0.1, -0.05) is 24.4 Å². The minimum Gasteiger partial charge on any atom is -0.508 e. The fourth-order valence-corrected chi connectivity index (χ4v) is 1.86. The molecule has 1 aliphatic rings. The highest BCUT2D eigenvalue weighted by Gasteiger charge is 2.28. The standard InChI is InChI=1S/C12H11NO3S/c1-7-3-2-4-8(5-7)13-11(17)10-9(14)6-16-12(10)15/h2-5,14H,6H2,1H3,(H,13,17). The molecule has 0 saturated carbocycles. The van der Waals surface area contributed by atoms with E-state index in [0.29, 0.717) is 0 Å². The van der Waals surface area contributed by atoms with E-state index in [1.54, 1.807) is 0 Å². The van der Waals surface area contributed by atoms with Gasteiger partial charge in [0.2, 0.25) is 0 Å². The fourth-order valence-electron chi connectivity index (χ4n) is 1.54. The molecule has 2 N–H and O–H groups in total. The molecule has 1 heterocycles. The molecule has 0 aromatic heterocycles. The number of thiocarbonyl (C=S) groups is 1. The van der Waals surface area contributed by atoms with E-state index in [1.807, 2.05) is 31.2 Å². The molecule has 2 rings (SSSR count). The maximum atomic E-state index is 11.3. The molecule has 0 spiro atoms. The zero-order valence-corrected chi connectivity index (χ0v) is 10.0. The van der Waals surface area contributed by atoms with Crippen LogP contribution in [0.5, 0.6) is 0 Å². The SMILES string of the molecule is Cc1cccc(NC(=S)C2=C(O)COC2=O)c1. The lowest BCUT2D eigenvalue weighted by Gasteiger charge is -2.07. The van der Waals surface area contributed by atoms with Crippen LogP contribution in [-0.2, 0) is 9.53 Å². The molecule has 0 aliphatic carbocycles. The Bertz CT molecular complexity index is 522. The molecule has 1 aromatic rings. The van der Waals surface area contributed by atoms with E-state index in [9.17, 15) is 9.90 Å². The predicted octanol–water partition coefficient (Wildman–Crippen LogP) is 2.10. The van der Waals surface area contributed by atoms with Crippen molar-refractivity contribution in [1.29, 1.82) is 0 Å². The van der Waals surface area contributed by atoms with Gasteiger partial charge in [0.1, 0.15) is 22.9 Å². The summed E-state index contributed by atoms with van der Waals surface area (Å²) in [5.74, 6) is -0.715. The van der Waals surface area contributed by atoms with Crippen molar-refractivity contribution in [3.63, 3.8) is 0 Å². The molecular formula is C12H11NO3S. The van der Waals surface area contributed by atoms with Crippen LogP contribution in [-0.4, -0.2) is 22.7 Å². The van der Waals surface area contributed by atoms with Crippen LogP contribution in [0.3, 0.4) is 0 Å². The van der Waals surface area contributed by atoms with Gasteiger partial charge in [0.05, 0.1) is 0 Å². The van der Waals surface area contributed by atoms with Gasteiger partial charge in [-0.05, 0) is 24.6 Å². The van der Waals surface area contributed by atoms with Crippen molar-refractivity contribution in [2.45, 2.75) is 6.92 Å². The number of nitrogens with one attached hydrogen (secondary N) is 1. The highest BCUT2D eigenvalue weighted by molar-refractivity contribution is 7.81. The highest BCUT2D eigenvalue weighted by Crippen LogP contribution is 2.18. The van der Waals surface area contributed by atoms with Crippen LogP contribution in [0.4, 0.5) is 5.69 Å². The van der Waals surface area contributed by atoms with Gasteiger partial charge in [-0.25, -0.2) is 4.79 Å². The van der Waals surface area contributed by atoms with Crippen LogP contribution in [0.25, 0.3) is 0 Å². The van der Waals surface area contributed by atoms with Crippen molar-refractivity contribution in [1.82, 2.24) is 0 Å². The Hall–Kier alpha value is -1.88. The maximum absolute atomic E-state index is 11.3. The smallest absolute Gasteiger partial charge is 0.345 e. The third-order valence-corrected chi connectivity index (χ3v) is 2.64. The zero-order chi connectivity index (χ0) is 12.4. The average Bonchev–Trinajstić information content (AvgIpc) is 2.58. The monoisotopic (exact) mass is 249 g/mol. The molecule has 0 saturated heterocycles. The Balaban J connectivity index is 2.18. The lowest BCUT2D eigenvalue weighted by atomic mass is 10.2. The third-order valence-electron chi connectivity index (χ3n) is 2.34. The fraction of sp³-hybridized carbons (Fsp3) is 0.167. The Kier molecular flexibility index (Phi) is 3.10. The molecule has 0 amide bonds. The normalized spacial score (nSPS) is 14.8. The molecule has 17 heavy (non-hydrogen) atoms. The summed E-state index contributed by atoms with van der Waals surface area (Å²) in [7, 11) is 0. The summed E-state index contributed by atoms with van der Waals surface area (Å²) in [5.41, 5.74) is 1.89. The van der Waals surface area contributed by atoms with Gasteiger partial charge in [0.25, 0.3) is 0 Å². The maximum Gasteiger partial charge on any atom is 0.345 e. The van der Waals surface area contributed by atoms with Gasteiger partial charge in [-0.2, -0.15) is 0 Å². The molecule has 5 heteroatoms. The van der Waals surface area contributed by atoms with Gasteiger partial charge >= 0.3 is 5.97 Å². The predicted molar refractivity (Wildman–Crippen MR) is 68.0 cm³/mol. The minimum atomic E-state index is -0.590. The number of aliphatic hydroxyl groups is 1. The first kappa shape index (κ1) is 11.6. The van der Waals surface area contributed by atoms with Crippen molar-refractivity contribution >= 4 is 28.9 Å². The van der Waals surface area contributed by atoms with Gasteiger partial charge in [0.15, 0.2) is 0 Å². The summed E-state index contributed by atoms with van der Waals surface area (Å²) in [5, 5.41) is 12.4. The second kappa shape index (κ2) is 4.55. The van der Waals surface area contributed by atoms with Crippen LogP contribution in [0.15, 0.2) is 35.6 Å². The average molecular weight is 249 g/mol. The molecule has 0 atom stereocenters. The Morgan fingerprint density at radius 2 is 2.29 bits per heavy atom. The van der Waals surface area contributed by atoms with Gasteiger partial charge in [0, 0.05) is 5.69 Å². The van der Waals surface area contributed by atoms with Gasteiger partial charge in [-0.15, -0.1) is 0 Å². The first-order valence-electron chi connectivity index (χ1n) is 5.05. The van der Waals surface area contributed by atoms with E-state index in [0.717, 1.165) is 11.3 Å². The van der Waals surface area contributed by atoms with E-state index in [2.05, 4.69) is 10.1 Å². The lowest BCUT2D eigenvalue weighted by Crippen LogP contribution is -2.17.